The third kappa shape index (κ3) is 4.48. The van der Waals surface area contributed by atoms with Crippen LogP contribution in [-0.2, 0) is 6.18 Å². The van der Waals surface area contributed by atoms with Crippen LogP contribution in [0.1, 0.15) is 43.3 Å². The van der Waals surface area contributed by atoms with Gasteiger partial charge in [-0.3, -0.25) is 5.10 Å². The molecule has 9 nitrogen and oxygen atoms in total. The molecule has 1 aliphatic rings. The van der Waals surface area contributed by atoms with E-state index < -0.39 is 18.0 Å². The lowest BCUT2D eigenvalue weighted by atomic mass is 10.1. The lowest BCUT2D eigenvalue weighted by molar-refractivity contribution is -0.141. The highest BCUT2D eigenvalue weighted by molar-refractivity contribution is 6.30. The highest BCUT2D eigenvalue weighted by Crippen LogP contribution is 2.30. The summed E-state index contributed by atoms with van der Waals surface area (Å²) < 4.78 is 43.4. The van der Waals surface area contributed by atoms with E-state index >= 15 is 0 Å². The van der Waals surface area contributed by atoms with Crippen molar-refractivity contribution in [3.63, 3.8) is 0 Å². The van der Waals surface area contributed by atoms with Gasteiger partial charge >= 0.3 is 6.18 Å². The number of halogens is 4. The summed E-state index contributed by atoms with van der Waals surface area (Å²) in [5.41, 5.74) is -0.459. The van der Waals surface area contributed by atoms with Gasteiger partial charge in [0.2, 0.25) is 11.8 Å². The van der Waals surface area contributed by atoms with Crippen molar-refractivity contribution >= 4 is 17.5 Å². The molecule has 0 radical (unpaired) electrons. The number of aromatic amines is 1. The Morgan fingerprint density at radius 3 is 2.53 bits per heavy atom. The lowest BCUT2D eigenvalue weighted by Gasteiger charge is -2.31. The number of aromatic nitrogens is 7. The van der Waals surface area contributed by atoms with E-state index in [2.05, 4.69) is 30.2 Å². The van der Waals surface area contributed by atoms with Crippen molar-refractivity contribution in [1.29, 1.82) is 0 Å². The first kappa shape index (κ1) is 20.4. The van der Waals surface area contributed by atoms with Crippen LogP contribution in [0, 0.1) is 0 Å². The molecule has 30 heavy (non-hydrogen) atoms. The Kier molecular flexibility index (Phi) is 5.50. The highest BCUT2D eigenvalue weighted by Gasteiger charge is 2.33. The van der Waals surface area contributed by atoms with Gasteiger partial charge in [0.25, 0.3) is 0 Å². The van der Waals surface area contributed by atoms with Gasteiger partial charge < -0.3 is 9.64 Å². The predicted molar refractivity (Wildman–Crippen MR) is 100 cm³/mol. The Hall–Kier alpha value is -2.89. The lowest BCUT2D eigenvalue weighted by Crippen LogP contribution is -2.36. The second-order valence-electron chi connectivity index (χ2n) is 6.89. The van der Waals surface area contributed by atoms with Crippen LogP contribution < -0.4 is 9.64 Å². The van der Waals surface area contributed by atoms with Crippen LogP contribution >= 0.6 is 11.6 Å². The Bertz CT molecular complexity index is 982. The molecule has 1 atom stereocenters. The van der Waals surface area contributed by atoms with Crippen molar-refractivity contribution in [2.75, 3.05) is 18.0 Å². The SMILES string of the molecule is CC(Oc1cc(C(F)(F)F)[nH]n1)c1cnn(C2CCN(c3ncc(Cl)cn3)CC2)n1. The average molecular weight is 443 g/mol. The molecule has 0 amide bonds. The van der Waals surface area contributed by atoms with E-state index in [4.69, 9.17) is 16.3 Å². The van der Waals surface area contributed by atoms with E-state index in [0.29, 0.717) is 16.7 Å². The fourth-order valence-electron chi connectivity index (χ4n) is 3.17. The van der Waals surface area contributed by atoms with Crippen LogP contribution in [0.15, 0.2) is 24.7 Å². The van der Waals surface area contributed by atoms with E-state index in [-0.39, 0.29) is 11.9 Å². The molecule has 3 aromatic heterocycles. The van der Waals surface area contributed by atoms with Crippen molar-refractivity contribution in [2.24, 2.45) is 0 Å². The number of H-pyrrole nitrogens is 1. The molecule has 0 aromatic carbocycles. The van der Waals surface area contributed by atoms with Gasteiger partial charge in [-0.2, -0.15) is 28.2 Å². The Labute approximate surface area is 174 Å². The van der Waals surface area contributed by atoms with Crippen molar-refractivity contribution in [3.8, 4) is 5.88 Å². The summed E-state index contributed by atoms with van der Waals surface area (Å²) in [4.78, 5) is 12.2. The summed E-state index contributed by atoms with van der Waals surface area (Å²) in [7, 11) is 0. The number of ether oxygens (including phenoxy) is 1. The number of nitrogens with one attached hydrogen (secondary N) is 1. The number of alkyl halides is 3. The van der Waals surface area contributed by atoms with Crippen LogP contribution in [0.25, 0.3) is 0 Å². The van der Waals surface area contributed by atoms with Gasteiger partial charge in [0.05, 0.1) is 29.7 Å². The first-order chi connectivity index (χ1) is 14.3. The molecule has 4 heterocycles. The second-order valence-corrected chi connectivity index (χ2v) is 7.32. The van der Waals surface area contributed by atoms with Crippen molar-refractivity contribution in [2.45, 2.75) is 38.1 Å². The number of anilines is 1. The molecular weight excluding hydrogens is 425 g/mol. The average Bonchev–Trinajstić information content (AvgIpc) is 3.38. The minimum Gasteiger partial charge on any atom is -0.467 e. The summed E-state index contributed by atoms with van der Waals surface area (Å²) in [5, 5.41) is 14.7. The van der Waals surface area contributed by atoms with Crippen LogP contribution in [-0.4, -0.2) is 48.2 Å². The molecule has 0 bridgehead atoms. The maximum Gasteiger partial charge on any atom is 0.432 e. The normalized spacial score (nSPS) is 16.6. The largest absolute Gasteiger partial charge is 0.467 e. The molecule has 1 N–H and O–H groups in total. The summed E-state index contributed by atoms with van der Waals surface area (Å²) in [5.74, 6) is 0.479. The molecule has 3 aromatic rings. The number of hydrogen-bond acceptors (Lipinski definition) is 7. The van der Waals surface area contributed by atoms with Crippen molar-refractivity contribution in [1.82, 2.24) is 35.2 Å². The van der Waals surface area contributed by atoms with Gasteiger partial charge in [-0.25, -0.2) is 9.97 Å². The summed E-state index contributed by atoms with van der Waals surface area (Å²) in [6, 6.07) is 0.909. The molecule has 1 unspecified atom stereocenters. The first-order valence-corrected chi connectivity index (χ1v) is 9.61. The summed E-state index contributed by atoms with van der Waals surface area (Å²) >= 11 is 5.82. The highest BCUT2D eigenvalue weighted by atomic mass is 35.5. The van der Waals surface area contributed by atoms with E-state index in [1.54, 1.807) is 30.3 Å². The van der Waals surface area contributed by atoms with Gasteiger partial charge in [-0.05, 0) is 19.8 Å². The minimum atomic E-state index is -4.51. The van der Waals surface area contributed by atoms with Gasteiger partial charge in [-0.15, -0.1) is 5.10 Å². The molecule has 0 saturated carbocycles. The smallest absolute Gasteiger partial charge is 0.432 e. The zero-order chi connectivity index (χ0) is 21.3. The number of hydrogen-bond donors (Lipinski definition) is 1. The molecule has 0 aliphatic carbocycles. The fourth-order valence-corrected chi connectivity index (χ4v) is 3.26. The first-order valence-electron chi connectivity index (χ1n) is 9.23. The zero-order valence-electron chi connectivity index (χ0n) is 15.8. The topological polar surface area (TPSA) is 97.6 Å². The zero-order valence-corrected chi connectivity index (χ0v) is 16.6. The van der Waals surface area contributed by atoms with E-state index in [1.165, 1.54) is 0 Å². The third-order valence-electron chi connectivity index (χ3n) is 4.78. The Morgan fingerprint density at radius 1 is 1.20 bits per heavy atom. The molecule has 13 heteroatoms. The molecular formula is C17H18ClF3N8O. The van der Waals surface area contributed by atoms with Gasteiger partial charge in [0.15, 0.2) is 0 Å². The quantitative estimate of drug-likeness (QED) is 0.646. The van der Waals surface area contributed by atoms with Gasteiger partial charge in [0.1, 0.15) is 17.5 Å². The van der Waals surface area contributed by atoms with Crippen molar-refractivity contribution in [3.05, 3.63) is 41.1 Å². The summed E-state index contributed by atoms with van der Waals surface area (Å²) in [6.45, 7) is 3.15. The third-order valence-corrected chi connectivity index (χ3v) is 4.98. The van der Waals surface area contributed by atoms with Crippen LogP contribution in [0.5, 0.6) is 5.88 Å². The van der Waals surface area contributed by atoms with Gasteiger partial charge in [0, 0.05) is 19.2 Å². The standard InChI is InChI=1S/C17H18ClF3N8O/c1-10(30-15-6-14(25-26-15)17(19,20)21)13-9-24-29(27-13)12-2-4-28(5-3-12)16-22-7-11(18)8-23-16/h6-10,12H,2-5H2,1H3,(H,25,26). The molecule has 160 valence electrons. The van der Waals surface area contributed by atoms with Crippen LogP contribution in [0.3, 0.4) is 0 Å². The van der Waals surface area contributed by atoms with Crippen molar-refractivity contribution < 1.29 is 17.9 Å². The Morgan fingerprint density at radius 2 is 1.90 bits per heavy atom. The maximum atomic E-state index is 12.7. The molecule has 4 rings (SSSR count). The monoisotopic (exact) mass is 442 g/mol. The number of rotatable bonds is 5. The van der Waals surface area contributed by atoms with Gasteiger partial charge in [-0.1, -0.05) is 11.6 Å². The van der Waals surface area contributed by atoms with E-state index in [0.717, 1.165) is 32.0 Å². The van der Waals surface area contributed by atoms with E-state index in [9.17, 15) is 13.2 Å². The second kappa shape index (κ2) is 8.09. The van der Waals surface area contributed by atoms with Crippen LogP contribution in [0.4, 0.5) is 19.1 Å². The molecule has 1 fully saturated rings. The predicted octanol–water partition coefficient (Wildman–Crippen LogP) is 3.44. The molecule has 0 spiro atoms. The van der Waals surface area contributed by atoms with Crippen LogP contribution in [0.2, 0.25) is 5.02 Å². The summed E-state index contributed by atoms with van der Waals surface area (Å²) in [6.07, 6.45) is 1.16. The van der Waals surface area contributed by atoms with E-state index in [1.807, 2.05) is 5.10 Å². The maximum absolute atomic E-state index is 12.7. The number of nitrogens with zero attached hydrogens (tertiary/aromatic N) is 7. The number of piperidine rings is 1. The fraction of sp³-hybridized carbons (Fsp3) is 0.471. The molecule has 1 aliphatic heterocycles. The molecule has 1 saturated heterocycles. The minimum absolute atomic E-state index is 0.0942. The Balaban J connectivity index is 1.35.